The average Bonchev–Trinajstić information content (AvgIpc) is 3.30. The highest BCUT2D eigenvalue weighted by atomic mass is 16.3. The normalized spacial score (nSPS) is 13.7. The number of carbonyl (C=O) groups excluding carboxylic acids is 2. The van der Waals surface area contributed by atoms with E-state index in [0.717, 1.165) is 49.0 Å². The van der Waals surface area contributed by atoms with Crippen molar-refractivity contribution < 1.29 is 14.0 Å². The first-order valence-corrected chi connectivity index (χ1v) is 10.8. The van der Waals surface area contributed by atoms with E-state index in [0.29, 0.717) is 24.6 Å². The molecule has 0 aliphatic carbocycles. The molecule has 0 unspecified atom stereocenters. The third-order valence-corrected chi connectivity index (χ3v) is 5.51. The first-order chi connectivity index (χ1) is 15.2. The third-order valence-electron chi connectivity index (χ3n) is 5.51. The summed E-state index contributed by atoms with van der Waals surface area (Å²) in [4.78, 5) is 30.8. The van der Waals surface area contributed by atoms with Crippen molar-refractivity contribution >= 4 is 11.8 Å². The number of aromatic nitrogens is 1. The first-order valence-electron chi connectivity index (χ1n) is 10.8. The van der Waals surface area contributed by atoms with Crippen LogP contribution in [-0.4, -0.2) is 41.3 Å². The number of amides is 2. The fourth-order valence-corrected chi connectivity index (χ4v) is 3.77. The predicted octanol–water partition coefficient (Wildman–Crippen LogP) is 3.87. The van der Waals surface area contributed by atoms with Crippen molar-refractivity contribution in [2.24, 2.45) is 0 Å². The quantitative estimate of drug-likeness (QED) is 0.633. The lowest BCUT2D eigenvalue weighted by molar-refractivity contribution is -0.120. The fraction of sp³-hybridized carbons (Fsp3) is 0.320. The second-order valence-corrected chi connectivity index (χ2v) is 7.85. The molecule has 160 valence electrons. The van der Waals surface area contributed by atoms with Crippen LogP contribution in [0.25, 0.3) is 11.5 Å². The van der Waals surface area contributed by atoms with Crippen molar-refractivity contribution in [2.75, 3.05) is 19.6 Å². The van der Waals surface area contributed by atoms with Crippen LogP contribution >= 0.6 is 0 Å². The van der Waals surface area contributed by atoms with Crippen molar-refractivity contribution in [1.29, 1.82) is 0 Å². The van der Waals surface area contributed by atoms with Gasteiger partial charge in [0.05, 0.1) is 6.42 Å². The van der Waals surface area contributed by atoms with Crippen LogP contribution in [0.3, 0.4) is 0 Å². The minimum Gasteiger partial charge on any atom is -0.444 e. The summed E-state index contributed by atoms with van der Waals surface area (Å²) in [5.41, 5.74) is 3.31. The van der Waals surface area contributed by atoms with E-state index in [1.54, 1.807) is 0 Å². The van der Waals surface area contributed by atoms with Crippen molar-refractivity contribution in [3.63, 3.8) is 0 Å². The Hall–Kier alpha value is -3.41. The zero-order valence-electron chi connectivity index (χ0n) is 17.5. The zero-order valence-corrected chi connectivity index (χ0v) is 17.5. The van der Waals surface area contributed by atoms with Crippen LogP contribution < -0.4 is 5.32 Å². The Kier molecular flexibility index (Phi) is 6.77. The molecule has 1 N–H and O–H groups in total. The Morgan fingerprint density at radius 3 is 2.42 bits per heavy atom. The molecular weight excluding hydrogens is 390 g/mol. The van der Waals surface area contributed by atoms with E-state index in [2.05, 4.69) is 10.3 Å². The highest BCUT2D eigenvalue weighted by Crippen LogP contribution is 2.21. The third kappa shape index (κ3) is 5.60. The number of benzene rings is 2. The monoisotopic (exact) mass is 417 g/mol. The number of likely N-dealkylation sites (tertiary alicyclic amines) is 1. The van der Waals surface area contributed by atoms with Gasteiger partial charge in [0.15, 0.2) is 5.69 Å². The lowest BCUT2D eigenvalue weighted by atomic mass is 10.1. The summed E-state index contributed by atoms with van der Waals surface area (Å²) < 4.78 is 5.56. The van der Waals surface area contributed by atoms with Gasteiger partial charge in [0, 0.05) is 25.2 Å². The maximum Gasteiger partial charge on any atom is 0.275 e. The molecule has 2 heterocycles. The zero-order chi connectivity index (χ0) is 21.5. The van der Waals surface area contributed by atoms with Crippen LogP contribution in [-0.2, 0) is 17.6 Å². The molecule has 2 amide bonds. The van der Waals surface area contributed by atoms with Gasteiger partial charge in [0.25, 0.3) is 5.91 Å². The maximum atomic E-state index is 12.6. The SMILES string of the molecule is O=C(Cc1ccccc1)NCCc1ccc(-c2nc(C(=O)N3CCCCC3)co2)cc1. The molecule has 1 fully saturated rings. The predicted molar refractivity (Wildman–Crippen MR) is 119 cm³/mol. The van der Waals surface area contributed by atoms with E-state index in [9.17, 15) is 9.59 Å². The highest BCUT2D eigenvalue weighted by Gasteiger charge is 2.21. The number of hydrogen-bond acceptors (Lipinski definition) is 4. The van der Waals surface area contributed by atoms with E-state index >= 15 is 0 Å². The van der Waals surface area contributed by atoms with E-state index in [-0.39, 0.29) is 11.8 Å². The molecule has 0 saturated carbocycles. The average molecular weight is 418 g/mol. The molecule has 1 aliphatic rings. The van der Waals surface area contributed by atoms with Crippen LogP contribution in [0.5, 0.6) is 0 Å². The lowest BCUT2D eigenvalue weighted by Crippen LogP contribution is -2.35. The molecule has 0 bridgehead atoms. The molecule has 3 aromatic rings. The van der Waals surface area contributed by atoms with Gasteiger partial charge in [-0.3, -0.25) is 9.59 Å². The number of rotatable bonds is 7. The van der Waals surface area contributed by atoms with Gasteiger partial charge in [-0.25, -0.2) is 4.98 Å². The van der Waals surface area contributed by atoms with Crippen LogP contribution in [0.2, 0.25) is 0 Å². The first kappa shape index (κ1) is 20.8. The molecular formula is C25H27N3O3. The number of carbonyl (C=O) groups is 2. The van der Waals surface area contributed by atoms with Gasteiger partial charge in [0.2, 0.25) is 11.8 Å². The van der Waals surface area contributed by atoms with Gasteiger partial charge < -0.3 is 14.6 Å². The second-order valence-electron chi connectivity index (χ2n) is 7.85. The van der Waals surface area contributed by atoms with E-state index in [4.69, 9.17) is 4.42 Å². The maximum absolute atomic E-state index is 12.6. The van der Waals surface area contributed by atoms with Crippen molar-refractivity contribution in [3.8, 4) is 11.5 Å². The largest absolute Gasteiger partial charge is 0.444 e. The molecule has 0 radical (unpaired) electrons. The lowest BCUT2D eigenvalue weighted by Gasteiger charge is -2.25. The standard InChI is InChI=1S/C25H27N3O3/c29-23(17-20-7-3-1-4-8-20)26-14-13-19-9-11-21(12-10-19)24-27-22(18-31-24)25(30)28-15-5-2-6-16-28/h1,3-4,7-12,18H,2,5-6,13-17H2,(H,26,29). The van der Waals surface area contributed by atoms with Crippen molar-refractivity contribution in [3.05, 3.63) is 77.7 Å². The molecule has 0 spiro atoms. The number of hydrogen-bond donors (Lipinski definition) is 1. The highest BCUT2D eigenvalue weighted by molar-refractivity contribution is 5.92. The smallest absolute Gasteiger partial charge is 0.275 e. The molecule has 6 heteroatoms. The number of piperidine rings is 1. The molecule has 31 heavy (non-hydrogen) atoms. The van der Waals surface area contributed by atoms with Gasteiger partial charge >= 0.3 is 0 Å². The van der Waals surface area contributed by atoms with Crippen LogP contribution in [0.15, 0.2) is 65.3 Å². The Morgan fingerprint density at radius 2 is 1.68 bits per heavy atom. The minimum absolute atomic E-state index is 0.0218. The number of oxazole rings is 1. The van der Waals surface area contributed by atoms with Crippen LogP contribution in [0.1, 0.15) is 40.9 Å². The number of nitrogens with one attached hydrogen (secondary N) is 1. The van der Waals surface area contributed by atoms with Crippen molar-refractivity contribution in [1.82, 2.24) is 15.2 Å². The molecule has 0 atom stereocenters. The molecule has 1 aliphatic heterocycles. The summed E-state index contributed by atoms with van der Waals surface area (Å²) in [6.07, 6.45) is 5.85. The Balaban J connectivity index is 1.28. The van der Waals surface area contributed by atoms with E-state index in [1.807, 2.05) is 59.5 Å². The van der Waals surface area contributed by atoms with Gasteiger partial charge in [-0.2, -0.15) is 0 Å². The molecule has 6 nitrogen and oxygen atoms in total. The summed E-state index contributed by atoms with van der Waals surface area (Å²) in [6.45, 7) is 2.16. The minimum atomic E-state index is -0.0578. The van der Waals surface area contributed by atoms with Gasteiger partial charge in [-0.05, 0) is 48.9 Å². The fourth-order valence-electron chi connectivity index (χ4n) is 3.77. The molecule has 4 rings (SSSR count). The van der Waals surface area contributed by atoms with E-state index < -0.39 is 0 Å². The Bertz CT molecular complexity index is 1010. The van der Waals surface area contributed by atoms with E-state index in [1.165, 1.54) is 12.7 Å². The summed E-state index contributed by atoms with van der Waals surface area (Å²) in [5.74, 6) is 0.411. The van der Waals surface area contributed by atoms with Crippen LogP contribution in [0.4, 0.5) is 0 Å². The summed E-state index contributed by atoms with van der Waals surface area (Å²) >= 11 is 0. The van der Waals surface area contributed by atoms with Crippen molar-refractivity contribution in [2.45, 2.75) is 32.1 Å². The van der Waals surface area contributed by atoms with Crippen LogP contribution in [0, 0.1) is 0 Å². The van der Waals surface area contributed by atoms with Gasteiger partial charge in [-0.15, -0.1) is 0 Å². The Labute approximate surface area is 182 Å². The summed E-state index contributed by atoms with van der Waals surface area (Å²) in [6, 6.07) is 17.6. The molecule has 2 aromatic carbocycles. The van der Waals surface area contributed by atoms with Gasteiger partial charge in [0.1, 0.15) is 6.26 Å². The molecule has 1 aromatic heterocycles. The summed E-state index contributed by atoms with van der Waals surface area (Å²) in [5, 5.41) is 2.96. The topological polar surface area (TPSA) is 75.4 Å². The summed E-state index contributed by atoms with van der Waals surface area (Å²) in [7, 11) is 0. The second kappa shape index (κ2) is 10.1. The van der Waals surface area contributed by atoms with Gasteiger partial charge in [-0.1, -0.05) is 42.5 Å². The number of nitrogens with zero attached hydrogens (tertiary/aromatic N) is 2. The Morgan fingerprint density at radius 1 is 0.935 bits per heavy atom. The molecule has 1 saturated heterocycles.